The Bertz CT molecular complexity index is 910. The van der Waals surface area contributed by atoms with E-state index in [2.05, 4.69) is 27.1 Å². The summed E-state index contributed by atoms with van der Waals surface area (Å²) in [4.78, 5) is 22.8. The molecule has 2 heterocycles. The molecule has 1 fully saturated rings. The van der Waals surface area contributed by atoms with E-state index in [9.17, 15) is 4.79 Å². The van der Waals surface area contributed by atoms with Crippen molar-refractivity contribution in [2.75, 3.05) is 33.9 Å². The minimum atomic E-state index is -0.132. The number of para-hydroxylation sites is 2. The highest BCUT2D eigenvalue weighted by Gasteiger charge is 2.27. The third-order valence-electron chi connectivity index (χ3n) is 5.35. The number of ether oxygens (including phenoxy) is 3. The van der Waals surface area contributed by atoms with Crippen molar-refractivity contribution in [2.24, 2.45) is 10.9 Å². The number of guanidine groups is 1. The Morgan fingerprint density at radius 3 is 2.62 bits per heavy atom. The van der Waals surface area contributed by atoms with Crippen LogP contribution in [0.15, 0.2) is 47.6 Å². The number of nitrogens with zero attached hydrogens (tertiary/aromatic N) is 3. The fraction of sp³-hybridized carbons (Fsp3) is 0.458. The van der Waals surface area contributed by atoms with E-state index in [4.69, 9.17) is 14.2 Å². The van der Waals surface area contributed by atoms with Crippen LogP contribution in [-0.4, -0.2) is 55.7 Å². The normalized spacial score (nSPS) is 14.7. The van der Waals surface area contributed by atoms with Gasteiger partial charge in [0, 0.05) is 38.4 Å². The van der Waals surface area contributed by atoms with Gasteiger partial charge in [0.05, 0.1) is 19.6 Å². The summed E-state index contributed by atoms with van der Waals surface area (Å²) in [5.74, 6) is 2.47. The second-order valence-electron chi connectivity index (χ2n) is 7.55. The third kappa shape index (κ3) is 6.12. The second-order valence-corrected chi connectivity index (χ2v) is 7.55. The molecule has 2 aromatic rings. The molecular formula is C24H32N4O4. The van der Waals surface area contributed by atoms with Crippen LogP contribution in [0.5, 0.6) is 17.4 Å². The lowest BCUT2D eigenvalue weighted by atomic mass is 9.97. The van der Waals surface area contributed by atoms with E-state index < -0.39 is 0 Å². The molecule has 0 saturated carbocycles. The molecule has 0 bridgehead atoms. The maximum Gasteiger partial charge on any atom is 0.308 e. The van der Waals surface area contributed by atoms with E-state index in [0.29, 0.717) is 30.5 Å². The number of hydrogen-bond donors (Lipinski definition) is 1. The Labute approximate surface area is 189 Å². The van der Waals surface area contributed by atoms with E-state index in [-0.39, 0.29) is 11.9 Å². The summed E-state index contributed by atoms with van der Waals surface area (Å²) in [6.45, 7) is 4.69. The Morgan fingerprint density at radius 1 is 1.19 bits per heavy atom. The van der Waals surface area contributed by atoms with E-state index in [1.807, 2.05) is 36.4 Å². The largest absolute Gasteiger partial charge is 0.490 e. The molecule has 0 spiro atoms. The number of carbonyl (C=O) groups is 1. The van der Waals surface area contributed by atoms with Gasteiger partial charge < -0.3 is 24.4 Å². The zero-order chi connectivity index (χ0) is 22.8. The van der Waals surface area contributed by atoms with Gasteiger partial charge in [0.25, 0.3) is 0 Å². The first-order valence-corrected chi connectivity index (χ1v) is 11.0. The number of hydrogen-bond acceptors (Lipinski definition) is 6. The number of likely N-dealkylation sites (tertiary alicyclic amines) is 1. The Morgan fingerprint density at radius 2 is 1.94 bits per heavy atom. The number of carbonyl (C=O) groups excluding carboxylic acids is 1. The first-order chi connectivity index (χ1) is 15.7. The van der Waals surface area contributed by atoms with Crippen LogP contribution in [0.1, 0.15) is 31.7 Å². The molecule has 0 atom stereocenters. The minimum absolute atomic E-state index is 0.0392. The molecule has 1 aliphatic heterocycles. The van der Waals surface area contributed by atoms with Crippen LogP contribution in [0.25, 0.3) is 0 Å². The number of methoxy groups -OCH3 is 1. The molecule has 3 rings (SSSR count). The quantitative estimate of drug-likeness (QED) is 0.381. The number of aromatic nitrogens is 1. The molecule has 8 nitrogen and oxygen atoms in total. The maximum atomic E-state index is 11.8. The van der Waals surface area contributed by atoms with Crippen LogP contribution in [0.4, 0.5) is 0 Å². The van der Waals surface area contributed by atoms with Gasteiger partial charge in [0.15, 0.2) is 17.5 Å². The van der Waals surface area contributed by atoms with Crippen LogP contribution in [0.3, 0.4) is 0 Å². The van der Waals surface area contributed by atoms with Crippen molar-refractivity contribution in [3.63, 3.8) is 0 Å². The first kappa shape index (κ1) is 23.4. The van der Waals surface area contributed by atoms with E-state index in [1.54, 1.807) is 13.2 Å². The van der Waals surface area contributed by atoms with E-state index >= 15 is 0 Å². The maximum absolute atomic E-state index is 11.8. The average Bonchev–Trinajstić information content (AvgIpc) is 2.84. The highest BCUT2D eigenvalue weighted by molar-refractivity contribution is 5.80. The molecule has 0 radical (unpaired) electrons. The van der Waals surface area contributed by atoms with Crippen molar-refractivity contribution in [2.45, 2.75) is 32.7 Å². The number of benzene rings is 1. The van der Waals surface area contributed by atoms with E-state index in [0.717, 1.165) is 43.9 Å². The molecule has 1 N–H and O–H groups in total. The molecule has 0 unspecified atom stereocenters. The van der Waals surface area contributed by atoms with Gasteiger partial charge in [-0.2, -0.15) is 0 Å². The van der Waals surface area contributed by atoms with Gasteiger partial charge in [-0.15, -0.1) is 0 Å². The second kappa shape index (κ2) is 11.9. The van der Waals surface area contributed by atoms with Gasteiger partial charge in [0.2, 0.25) is 5.88 Å². The Hall–Kier alpha value is -3.29. The smallest absolute Gasteiger partial charge is 0.308 e. The molecule has 1 saturated heterocycles. The molecule has 8 heteroatoms. The van der Waals surface area contributed by atoms with Crippen molar-refractivity contribution in [1.82, 2.24) is 15.2 Å². The lowest BCUT2D eigenvalue weighted by molar-refractivity contribution is -0.146. The van der Waals surface area contributed by atoms with Gasteiger partial charge >= 0.3 is 5.97 Å². The van der Waals surface area contributed by atoms with Gasteiger partial charge in [0.1, 0.15) is 0 Å². The van der Waals surface area contributed by atoms with Crippen molar-refractivity contribution in [3.8, 4) is 17.4 Å². The summed E-state index contributed by atoms with van der Waals surface area (Å²) in [6.07, 6.45) is 4.14. The Balaban J connectivity index is 1.64. The summed E-state index contributed by atoms with van der Waals surface area (Å²) in [5, 5.41) is 3.40. The van der Waals surface area contributed by atoms with E-state index in [1.165, 1.54) is 7.11 Å². The molecule has 1 aromatic carbocycles. The van der Waals surface area contributed by atoms with Crippen LogP contribution >= 0.6 is 0 Å². The van der Waals surface area contributed by atoms with Gasteiger partial charge in [-0.3, -0.25) is 9.79 Å². The first-order valence-electron chi connectivity index (χ1n) is 11.0. The lowest BCUT2D eigenvalue weighted by Crippen LogP contribution is -2.46. The van der Waals surface area contributed by atoms with Gasteiger partial charge in [-0.05, 0) is 37.5 Å². The number of pyridine rings is 1. The monoisotopic (exact) mass is 440 g/mol. The molecule has 0 amide bonds. The number of nitrogens with one attached hydrogen (secondary N) is 1. The molecule has 0 aliphatic carbocycles. The van der Waals surface area contributed by atoms with Crippen molar-refractivity contribution >= 4 is 11.9 Å². The zero-order valence-corrected chi connectivity index (χ0v) is 19.0. The SMILES string of the molecule is CCCOc1ccccc1Oc1ncccc1CNC(=NC)N1CCC(C(=O)OC)CC1. The standard InChI is InChI=1S/C24H32N4O4/c1-4-16-31-20-9-5-6-10-21(20)32-22-19(8-7-13-26-22)17-27-24(25-2)28-14-11-18(12-15-28)23(29)30-3/h5-10,13,18H,4,11-12,14-17H2,1-3H3,(H,25,27). The summed E-state index contributed by atoms with van der Waals surface area (Å²) < 4.78 is 16.8. The molecule has 1 aromatic heterocycles. The summed E-state index contributed by atoms with van der Waals surface area (Å²) >= 11 is 0. The number of esters is 1. The van der Waals surface area contributed by atoms with Crippen LogP contribution in [0.2, 0.25) is 0 Å². The lowest BCUT2D eigenvalue weighted by Gasteiger charge is -2.33. The van der Waals surface area contributed by atoms with Gasteiger partial charge in [-0.25, -0.2) is 4.98 Å². The minimum Gasteiger partial charge on any atom is -0.490 e. The van der Waals surface area contributed by atoms with Crippen molar-refractivity contribution < 1.29 is 19.0 Å². The summed E-state index contributed by atoms with van der Waals surface area (Å²) in [5.41, 5.74) is 0.906. The van der Waals surface area contributed by atoms with Crippen LogP contribution in [-0.2, 0) is 16.1 Å². The molecule has 32 heavy (non-hydrogen) atoms. The topological polar surface area (TPSA) is 85.3 Å². The van der Waals surface area contributed by atoms with Crippen molar-refractivity contribution in [3.05, 3.63) is 48.2 Å². The third-order valence-corrected chi connectivity index (χ3v) is 5.35. The predicted octanol–water partition coefficient (Wildman–Crippen LogP) is 3.62. The van der Waals surface area contributed by atoms with Gasteiger partial charge in [-0.1, -0.05) is 25.1 Å². The number of aliphatic imine (C=N–C) groups is 1. The molecule has 172 valence electrons. The molecular weight excluding hydrogens is 408 g/mol. The number of rotatable bonds is 8. The average molecular weight is 441 g/mol. The predicted molar refractivity (Wildman–Crippen MR) is 123 cm³/mol. The summed E-state index contributed by atoms with van der Waals surface area (Å²) in [7, 11) is 3.20. The summed E-state index contributed by atoms with van der Waals surface area (Å²) in [6, 6.07) is 11.5. The van der Waals surface area contributed by atoms with Crippen molar-refractivity contribution in [1.29, 1.82) is 0 Å². The zero-order valence-electron chi connectivity index (χ0n) is 19.0. The highest BCUT2D eigenvalue weighted by atomic mass is 16.5. The highest BCUT2D eigenvalue weighted by Crippen LogP contribution is 2.32. The number of piperidine rings is 1. The fourth-order valence-corrected chi connectivity index (χ4v) is 3.62. The van der Waals surface area contributed by atoms with Crippen LogP contribution in [0, 0.1) is 5.92 Å². The fourth-order valence-electron chi connectivity index (χ4n) is 3.62. The van der Waals surface area contributed by atoms with Crippen LogP contribution < -0.4 is 14.8 Å². The molecule has 1 aliphatic rings. The Kier molecular flexibility index (Phi) is 8.71.